The normalized spacial score (nSPS) is 45.9. The average molecular weight is 617 g/mol. The SMILES string of the molecule is CC(=O)O[C@@H]1C[C@H](N2C[C@@H](C(C)C)C2=O)[C@H](O)[C@@H]2CC[C@@H]3[C@H]([C@H](C(=O)CC(C)C)C[C@]4(C)[C@@H]([C@H](C)N(C)C)[C@@H](O)C[C@@H]34)[C@@]12C. The van der Waals surface area contributed by atoms with E-state index in [1.165, 1.54) is 6.92 Å². The van der Waals surface area contributed by atoms with E-state index in [-0.39, 0.29) is 82.4 Å². The zero-order chi connectivity index (χ0) is 32.6. The molecule has 5 rings (SSSR count). The highest BCUT2D eigenvalue weighted by atomic mass is 16.5. The van der Waals surface area contributed by atoms with Crippen molar-refractivity contribution >= 4 is 17.7 Å². The molecular formula is C36H60N2O6. The number of fused-ring (bicyclic) bond motifs is 5. The van der Waals surface area contributed by atoms with Crippen LogP contribution in [0.5, 0.6) is 0 Å². The molecule has 5 fully saturated rings. The molecule has 0 bridgehead atoms. The van der Waals surface area contributed by atoms with Gasteiger partial charge in [-0.1, -0.05) is 41.5 Å². The Morgan fingerprint density at radius 1 is 1.05 bits per heavy atom. The van der Waals surface area contributed by atoms with Gasteiger partial charge in [-0.05, 0) is 87.6 Å². The van der Waals surface area contributed by atoms with Gasteiger partial charge in [0.2, 0.25) is 5.91 Å². The van der Waals surface area contributed by atoms with E-state index < -0.39 is 29.8 Å². The predicted octanol–water partition coefficient (Wildman–Crippen LogP) is 4.40. The van der Waals surface area contributed by atoms with Crippen LogP contribution < -0.4 is 0 Å². The highest BCUT2D eigenvalue weighted by Gasteiger charge is 2.70. The third-order valence-electron chi connectivity index (χ3n) is 13.7. The maximum Gasteiger partial charge on any atom is 0.302 e. The number of rotatable bonds is 8. The van der Waals surface area contributed by atoms with E-state index in [0.29, 0.717) is 32.2 Å². The van der Waals surface area contributed by atoms with E-state index in [1.54, 1.807) is 0 Å². The second-order valence-electron chi connectivity index (χ2n) is 17.0. The summed E-state index contributed by atoms with van der Waals surface area (Å²) in [7, 11) is 4.15. The van der Waals surface area contributed by atoms with Crippen LogP contribution in [0.2, 0.25) is 0 Å². The fraction of sp³-hybridized carbons (Fsp3) is 0.917. The van der Waals surface area contributed by atoms with Crippen LogP contribution in [0.4, 0.5) is 0 Å². The molecule has 4 aliphatic carbocycles. The number of aliphatic hydroxyl groups excluding tert-OH is 2. The van der Waals surface area contributed by atoms with Gasteiger partial charge in [0.15, 0.2) is 0 Å². The maximum atomic E-state index is 14.4. The quantitative estimate of drug-likeness (QED) is 0.308. The first-order chi connectivity index (χ1) is 20.4. The summed E-state index contributed by atoms with van der Waals surface area (Å²) in [5.41, 5.74) is -0.821. The molecule has 1 aliphatic heterocycles. The number of β-lactam (4-membered cyclic amide) rings is 1. The summed E-state index contributed by atoms with van der Waals surface area (Å²) in [5, 5.41) is 23.7. The van der Waals surface area contributed by atoms with Crippen molar-refractivity contribution in [2.75, 3.05) is 20.6 Å². The molecule has 0 aromatic heterocycles. The third kappa shape index (κ3) is 5.17. The van der Waals surface area contributed by atoms with Crippen LogP contribution >= 0.6 is 0 Å². The summed E-state index contributed by atoms with van der Waals surface area (Å²) in [6.07, 6.45) is 2.25. The van der Waals surface area contributed by atoms with Crippen LogP contribution in [0.15, 0.2) is 0 Å². The van der Waals surface area contributed by atoms with Gasteiger partial charge >= 0.3 is 5.97 Å². The van der Waals surface area contributed by atoms with Crippen molar-refractivity contribution in [3.8, 4) is 0 Å². The summed E-state index contributed by atoms with van der Waals surface area (Å²) >= 11 is 0. The van der Waals surface area contributed by atoms with Gasteiger partial charge in [0.25, 0.3) is 0 Å². The van der Waals surface area contributed by atoms with E-state index in [0.717, 1.165) is 12.8 Å². The van der Waals surface area contributed by atoms with Gasteiger partial charge < -0.3 is 24.7 Å². The van der Waals surface area contributed by atoms with Gasteiger partial charge in [0.05, 0.1) is 24.2 Å². The molecule has 2 N–H and O–H groups in total. The third-order valence-corrected chi connectivity index (χ3v) is 13.7. The lowest BCUT2D eigenvalue weighted by Gasteiger charge is -2.66. The Balaban J connectivity index is 1.57. The highest BCUT2D eigenvalue weighted by Crippen LogP contribution is 2.70. The summed E-state index contributed by atoms with van der Waals surface area (Å²) in [4.78, 5) is 44.4. The van der Waals surface area contributed by atoms with Crippen molar-refractivity contribution in [1.82, 2.24) is 9.80 Å². The lowest BCUT2D eigenvalue weighted by atomic mass is 9.40. The van der Waals surface area contributed by atoms with Crippen molar-refractivity contribution in [3.63, 3.8) is 0 Å². The molecule has 8 nitrogen and oxygen atoms in total. The Labute approximate surface area is 265 Å². The number of carbonyl (C=O) groups is 3. The molecule has 14 atom stereocenters. The van der Waals surface area contributed by atoms with E-state index in [2.05, 4.69) is 67.5 Å². The number of hydrogen-bond donors (Lipinski definition) is 2. The van der Waals surface area contributed by atoms with E-state index in [9.17, 15) is 24.6 Å². The molecule has 4 saturated carbocycles. The standard InChI is InChI=1S/C36H60N2O6/c1-18(2)13-28(40)23-16-35(7)26(14-29(41)31(35)20(5)37(9)10)22-11-12-25-33(42)27(38-17-24(19(3)4)34(38)43)15-30(44-21(6)39)36(25,8)32(22)23/h18-20,22-27,29-33,41-42H,11-17H2,1-10H3/t20-,22-,23-,24-,25-,26-,27-,29-,30+,31-,32+,33+,35-,36+/m0/s1. The lowest BCUT2D eigenvalue weighted by Crippen LogP contribution is -2.71. The second-order valence-corrected chi connectivity index (χ2v) is 17.0. The highest BCUT2D eigenvalue weighted by molar-refractivity contribution is 5.85. The van der Waals surface area contributed by atoms with Gasteiger partial charge in [0.1, 0.15) is 11.9 Å². The summed E-state index contributed by atoms with van der Waals surface area (Å²) < 4.78 is 6.22. The van der Waals surface area contributed by atoms with Crippen LogP contribution in [0.1, 0.15) is 93.9 Å². The number of hydrogen-bond acceptors (Lipinski definition) is 7. The maximum absolute atomic E-state index is 14.4. The van der Waals surface area contributed by atoms with E-state index >= 15 is 0 Å². The number of likely N-dealkylation sites (tertiary alicyclic amines) is 1. The largest absolute Gasteiger partial charge is 0.462 e. The molecule has 0 spiro atoms. The van der Waals surface area contributed by atoms with Gasteiger partial charge in [-0.15, -0.1) is 0 Å². The number of ether oxygens (including phenoxy) is 1. The minimum atomic E-state index is -0.741. The molecule has 1 amide bonds. The molecule has 0 aromatic rings. The number of Topliss-reactive ketones (excluding diaryl/α,β-unsaturated/α-hetero) is 1. The Morgan fingerprint density at radius 3 is 2.25 bits per heavy atom. The summed E-state index contributed by atoms with van der Waals surface area (Å²) in [5.74, 6) is 0.416. The molecular weight excluding hydrogens is 556 g/mol. The van der Waals surface area contributed by atoms with Crippen LogP contribution in [0, 0.1) is 64.1 Å². The first-order valence-electron chi connectivity index (χ1n) is 17.5. The zero-order valence-corrected chi connectivity index (χ0v) is 29.0. The van der Waals surface area contributed by atoms with Crippen LogP contribution in [0.25, 0.3) is 0 Å². The van der Waals surface area contributed by atoms with Gasteiger partial charge in [-0.2, -0.15) is 0 Å². The minimum absolute atomic E-state index is 0.0289. The molecule has 1 heterocycles. The summed E-state index contributed by atoms with van der Waals surface area (Å²) in [6.45, 7) is 17.1. The number of nitrogens with zero attached hydrogens (tertiary/aromatic N) is 2. The Kier molecular flexibility index (Phi) is 9.18. The Bertz CT molecular complexity index is 1120. The monoisotopic (exact) mass is 616 g/mol. The fourth-order valence-corrected chi connectivity index (χ4v) is 11.6. The second kappa shape index (κ2) is 11.9. The average Bonchev–Trinajstić information content (AvgIpc) is 3.18. The van der Waals surface area contributed by atoms with Crippen LogP contribution in [0.3, 0.4) is 0 Å². The molecule has 1 saturated heterocycles. The van der Waals surface area contributed by atoms with Crippen molar-refractivity contribution < 1.29 is 29.3 Å². The molecule has 0 aromatic carbocycles. The molecule has 0 unspecified atom stereocenters. The number of carbonyl (C=O) groups excluding carboxylic acids is 3. The first-order valence-corrected chi connectivity index (χ1v) is 17.5. The van der Waals surface area contributed by atoms with E-state index in [4.69, 9.17) is 4.74 Å². The molecule has 8 heteroatoms. The van der Waals surface area contributed by atoms with Crippen molar-refractivity contribution in [1.29, 1.82) is 0 Å². The van der Waals surface area contributed by atoms with E-state index in [1.807, 2.05) is 4.90 Å². The Hall–Kier alpha value is -1.51. The van der Waals surface area contributed by atoms with Crippen molar-refractivity contribution in [3.05, 3.63) is 0 Å². The van der Waals surface area contributed by atoms with Gasteiger partial charge in [-0.3, -0.25) is 14.4 Å². The number of aliphatic hydroxyl groups is 2. The van der Waals surface area contributed by atoms with Crippen molar-refractivity contribution in [2.24, 2.45) is 64.1 Å². The molecule has 250 valence electrons. The van der Waals surface area contributed by atoms with Crippen LogP contribution in [-0.2, 0) is 19.1 Å². The predicted molar refractivity (Wildman–Crippen MR) is 169 cm³/mol. The lowest BCUT2D eigenvalue weighted by molar-refractivity contribution is -0.237. The summed E-state index contributed by atoms with van der Waals surface area (Å²) in [6, 6.07) is -0.229. The smallest absolute Gasteiger partial charge is 0.302 e. The molecule has 44 heavy (non-hydrogen) atoms. The van der Waals surface area contributed by atoms with Crippen LogP contribution in [-0.4, -0.2) is 88.7 Å². The molecule has 5 aliphatic rings. The number of amides is 1. The van der Waals surface area contributed by atoms with Gasteiger partial charge in [-0.25, -0.2) is 0 Å². The molecule has 0 radical (unpaired) electrons. The Morgan fingerprint density at radius 2 is 1.70 bits per heavy atom. The zero-order valence-electron chi connectivity index (χ0n) is 29.0. The number of esters is 1. The van der Waals surface area contributed by atoms with Crippen molar-refractivity contribution in [2.45, 2.75) is 124 Å². The number of ketones is 1. The topological polar surface area (TPSA) is 107 Å². The first kappa shape index (κ1) is 33.8. The minimum Gasteiger partial charge on any atom is -0.462 e. The van der Waals surface area contributed by atoms with Gasteiger partial charge in [0, 0.05) is 49.6 Å². The fourth-order valence-electron chi connectivity index (χ4n) is 11.6.